The lowest BCUT2D eigenvalue weighted by molar-refractivity contribution is 0.0169. The lowest BCUT2D eigenvalue weighted by atomic mass is 9.93. The molecular weight excluding hydrogens is 252 g/mol. The van der Waals surface area contributed by atoms with Crippen LogP contribution in [0.2, 0.25) is 0 Å². The summed E-state index contributed by atoms with van der Waals surface area (Å²) < 4.78 is 0. The zero-order valence-electron chi connectivity index (χ0n) is 10.6. The highest BCUT2D eigenvalue weighted by molar-refractivity contribution is 5.43. The number of hydrogen-bond donors (Lipinski definition) is 2. The average Bonchev–Trinajstić information content (AvgIpc) is 2.53. The van der Waals surface area contributed by atoms with E-state index >= 15 is 0 Å². The third-order valence-electron chi connectivity index (χ3n) is 3.10. The molecule has 0 amide bonds. The van der Waals surface area contributed by atoms with Gasteiger partial charge in [-0.05, 0) is 12.1 Å². The zero-order chi connectivity index (χ0) is 14.5. The van der Waals surface area contributed by atoms with Gasteiger partial charge in [-0.15, -0.1) is 0 Å². The fraction of sp³-hybridized carbons (Fsp3) is 0.125. The number of aliphatic hydroxyl groups is 2. The van der Waals surface area contributed by atoms with Gasteiger partial charge in [0, 0.05) is 11.1 Å². The molecule has 98 valence electrons. The van der Waals surface area contributed by atoms with Gasteiger partial charge in [-0.1, -0.05) is 36.4 Å². The molecule has 4 nitrogen and oxygen atoms in total. The molecule has 2 rings (SSSR count). The fourth-order valence-corrected chi connectivity index (χ4v) is 2.05. The molecule has 2 unspecified atom stereocenters. The smallest absolute Gasteiger partial charge is 0.110 e. The van der Waals surface area contributed by atoms with Crippen molar-refractivity contribution in [2.24, 2.45) is 0 Å². The number of rotatable bonds is 3. The highest BCUT2D eigenvalue weighted by Crippen LogP contribution is 2.31. The van der Waals surface area contributed by atoms with Crippen molar-refractivity contribution in [1.29, 1.82) is 10.5 Å². The topological polar surface area (TPSA) is 88.0 Å². The Morgan fingerprint density at radius 2 is 1.05 bits per heavy atom. The quantitative estimate of drug-likeness (QED) is 0.889. The highest BCUT2D eigenvalue weighted by Gasteiger charge is 2.24. The van der Waals surface area contributed by atoms with Gasteiger partial charge in [0.15, 0.2) is 0 Å². The summed E-state index contributed by atoms with van der Waals surface area (Å²) in [4.78, 5) is 0. The van der Waals surface area contributed by atoms with Crippen molar-refractivity contribution in [3.8, 4) is 12.1 Å². The first kappa shape index (κ1) is 13.8. The Balaban J connectivity index is 2.41. The standard InChI is InChI=1S/C16H12N2O2/c17-9-11-5-1-3-7-13(11)15(19)16(20)14-8-4-2-6-12(14)10-18/h1-8,15-16,19-20H. The number of aliphatic hydroxyl groups excluding tert-OH is 2. The van der Waals surface area contributed by atoms with Crippen LogP contribution in [-0.4, -0.2) is 10.2 Å². The van der Waals surface area contributed by atoms with Crippen molar-refractivity contribution in [3.63, 3.8) is 0 Å². The normalized spacial score (nSPS) is 13.0. The van der Waals surface area contributed by atoms with Crippen LogP contribution < -0.4 is 0 Å². The summed E-state index contributed by atoms with van der Waals surface area (Å²) in [5, 5.41) is 38.6. The summed E-state index contributed by atoms with van der Waals surface area (Å²) in [7, 11) is 0. The Hall–Kier alpha value is -2.66. The van der Waals surface area contributed by atoms with Gasteiger partial charge >= 0.3 is 0 Å². The second-order valence-corrected chi connectivity index (χ2v) is 4.29. The van der Waals surface area contributed by atoms with Crippen molar-refractivity contribution in [2.45, 2.75) is 12.2 Å². The Morgan fingerprint density at radius 1 is 0.700 bits per heavy atom. The minimum atomic E-state index is -1.26. The molecule has 0 spiro atoms. The van der Waals surface area contributed by atoms with Gasteiger partial charge in [0.1, 0.15) is 12.2 Å². The molecule has 20 heavy (non-hydrogen) atoms. The molecule has 0 aliphatic rings. The number of benzene rings is 2. The first-order chi connectivity index (χ1) is 9.69. The fourth-order valence-electron chi connectivity index (χ4n) is 2.05. The number of nitrogens with zero attached hydrogens (tertiary/aromatic N) is 2. The van der Waals surface area contributed by atoms with Crippen LogP contribution in [0.3, 0.4) is 0 Å². The van der Waals surface area contributed by atoms with E-state index in [1.165, 1.54) is 0 Å². The van der Waals surface area contributed by atoms with Gasteiger partial charge in [-0.25, -0.2) is 0 Å². The van der Waals surface area contributed by atoms with Crippen LogP contribution in [0.15, 0.2) is 48.5 Å². The van der Waals surface area contributed by atoms with E-state index in [9.17, 15) is 10.2 Å². The van der Waals surface area contributed by atoms with Crippen LogP contribution in [0, 0.1) is 22.7 Å². The van der Waals surface area contributed by atoms with Gasteiger partial charge in [0.2, 0.25) is 0 Å². The van der Waals surface area contributed by atoms with Crippen LogP contribution in [0.1, 0.15) is 34.5 Å². The van der Waals surface area contributed by atoms with Crippen molar-refractivity contribution in [3.05, 3.63) is 70.8 Å². The molecule has 2 aromatic carbocycles. The predicted molar refractivity (Wildman–Crippen MR) is 72.2 cm³/mol. The summed E-state index contributed by atoms with van der Waals surface area (Å²) in [6, 6.07) is 17.0. The van der Waals surface area contributed by atoms with E-state index in [-0.39, 0.29) is 0 Å². The maximum Gasteiger partial charge on any atom is 0.110 e. The summed E-state index contributed by atoms with van der Waals surface area (Å²) >= 11 is 0. The summed E-state index contributed by atoms with van der Waals surface area (Å²) in [5.41, 5.74) is 1.28. The minimum Gasteiger partial charge on any atom is -0.385 e. The van der Waals surface area contributed by atoms with Crippen molar-refractivity contribution >= 4 is 0 Å². The van der Waals surface area contributed by atoms with E-state index in [1.54, 1.807) is 48.5 Å². The maximum absolute atomic E-state index is 10.3. The van der Waals surface area contributed by atoms with E-state index in [2.05, 4.69) is 0 Å². The predicted octanol–water partition coefficient (Wildman–Crippen LogP) is 2.20. The molecule has 0 aromatic heterocycles. The van der Waals surface area contributed by atoms with Gasteiger partial charge in [0.05, 0.1) is 23.3 Å². The molecule has 4 heteroatoms. The third kappa shape index (κ3) is 2.53. The van der Waals surface area contributed by atoms with Crippen LogP contribution in [0.4, 0.5) is 0 Å². The van der Waals surface area contributed by atoms with E-state index in [0.717, 1.165) is 0 Å². The maximum atomic E-state index is 10.3. The van der Waals surface area contributed by atoms with E-state index < -0.39 is 12.2 Å². The molecule has 0 aliphatic heterocycles. The molecule has 0 fully saturated rings. The molecule has 2 N–H and O–H groups in total. The van der Waals surface area contributed by atoms with Crippen molar-refractivity contribution in [1.82, 2.24) is 0 Å². The summed E-state index contributed by atoms with van der Waals surface area (Å²) in [6.45, 7) is 0. The SMILES string of the molecule is N#Cc1ccccc1C(O)C(O)c1ccccc1C#N. The van der Waals surface area contributed by atoms with Gasteiger partial charge < -0.3 is 10.2 Å². The molecular formula is C16H12N2O2. The second kappa shape index (κ2) is 5.99. The molecule has 2 aromatic rings. The van der Waals surface area contributed by atoms with Crippen LogP contribution in [-0.2, 0) is 0 Å². The Labute approximate surface area is 116 Å². The van der Waals surface area contributed by atoms with Crippen molar-refractivity contribution in [2.75, 3.05) is 0 Å². The average molecular weight is 264 g/mol. The third-order valence-corrected chi connectivity index (χ3v) is 3.10. The van der Waals surface area contributed by atoms with Crippen LogP contribution in [0.25, 0.3) is 0 Å². The Bertz CT molecular complexity index is 637. The summed E-state index contributed by atoms with van der Waals surface area (Å²) in [6.07, 6.45) is -2.53. The lowest BCUT2D eigenvalue weighted by Gasteiger charge is -2.20. The monoisotopic (exact) mass is 264 g/mol. The van der Waals surface area contributed by atoms with E-state index in [0.29, 0.717) is 22.3 Å². The number of nitriles is 2. The zero-order valence-corrected chi connectivity index (χ0v) is 10.6. The van der Waals surface area contributed by atoms with Crippen LogP contribution >= 0.6 is 0 Å². The molecule has 2 atom stereocenters. The molecule has 0 aliphatic carbocycles. The lowest BCUT2D eigenvalue weighted by Crippen LogP contribution is -2.13. The first-order valence-electron chi connectivity index (χ1n) is 6.03. The highest BCUT2D eigenvalue weighted by atomic mass is 16.3. The first-order valence-corrected chi connectivity index (χ1v) is 6.03. The Morgan fingerprint density at radius 3 is 1.40 bits per heavy atom. The van der Waals surface area contributed by atoms with Crippen molar-refractivity contribution < 1.29 is 10.2 Å². The van der Waals surface area contributed by atoms with Gasteiger partial charge in [-0.2, -0.15) is 10.5 Å². The molecule has 0 heterocycles. The Kier molecular flexibility index (Phi) is 4.12. The molecule has 0 saturated carbocycles. The summed E-state index contributed by atoms with van der Waals surface area (Å²) in [5.74, 6) is 0. The van der Waals surface area contributed by atoms with Gasteiger partial charge in [0.25, 0.3) is 0 Å². The van der Waals surface area contributed by atoms with E-state index in [4.69, 9.17) is 10.5 Å². The molecule has 0 saturated heterocycles. The molecule has 0 bridgehead atoms. The van der Waals surface area contributed by atoms with Crippen LogP contribution in [0.5, 0.6) is 0 Å². The molecule has 0 radical (unpaired) electrons. The van der Waals surface area contributed by atoms with E-state index in [1.807, 2.05) is 12.1 Å². The second-order valence-electron chi connectivity index (χ2n) is 4.29. The number of hydrogen-bond acceptors (Lipinski definition) is 4. The van der Waals surface area contributed by atoms with Gasteiger partial charge in [-0.3, -0.25) is 0 Å². The largest absolute Gasteiger partial charge is 0.385 e. The minimum absolute atomic E-state index is 0.300.